The predicted octanol–water partition coefficient (Wildman–Crippen LogP) is 1.69. The number of benzene rings is 1. The minimum atomic E-state index is -2.86. The lowest BCUT2D eigenvalue weighted by Crippen LogP contribution is -2.31. The van der Waals surface area contributed by atoms with Crippen molar-refractivity contribution in [2.75, 3.05) is 18.6 Å². The van der Waals surface area contributed by atoms with Crippen LogP contribution in [0.25, 0.3) is 0 Å². The van der Waals surface area contributed by atoms with Gasteiger partial charge in [-0.25, -0.2) is 12.8 Å². The molecular formula is C16H20FN3O2S. The molecule has 0 saturated carbocycles. The molecule has 1 aliphatic rings. The van der Waals surface area contributed by atoms with E-state index in [1.807, 2.05) is 17.9 Å². The molecule has 1 fully saturated rings. The molecule has 124 valence electrons. The van der Waals surface area contributed by atoms with Crippen LogP contribution in [0.3, 0.4) is 0 Å². The van der Waals surface area contributed by atoms with Crippen molar-refractivity contribution in [1.82, 2.24) is 14.7 Å². The van der Waals surface area contributed by atoms with Crippen molar-refractivity contribution in [1.29, 1.82) is 0 Å². The van der Waals surface area contributed by atoms with E-state index in [9.17, 15) is 12.8 Å². The standard InChI is InChI=1S/C16H20FN3O2S/c1-19(16-6-7-23(21,22)12-16)9-14-8-18-20(11-14)10-13-2-4-15(17)5-3-13/h2-5,8,11,16H,6-7,9-10,12H2,1H3/t16-/m1/s1. The molecule has 0 radical (unpaired) electrons. The maximum absolute atomic E-state index is 12.9. The van der Waals surface area contributed by atoms with Gasteiger partial charge in [0.05, 0.1) is 24.2 Å². The van der Waals surface area contributed by atoms with E-state index in [1.54, 1.807) is 18.3 Å². The van der Waals surface area contributed by atoms with Gasteiger partial charge < -0.3 is 0 Å². The van der Waals surface area contributed by atoms with E-state index in [4.69, 9.17) is 0 Å². The highest BCUT2D eigenvalue weighted by atomic mass is 32.2. The molecule has 0 amide bonds. The number of aromatic nitrogens is 2. The first-order chi connectivity index (χ1) is 10.9. The molecule has 7 heteroatoms. The third-order valence-electron chi connectivity index (χ3n) is 4.21. The zero-order valence-corrected chi connectivity index (χ0v) is 13.8. The minimum absolute atomic E-state index is 0.0837. The Morgan fingerprint density at radius 1 is 1.30 bits per heavy atom. The van der Waals surface area contributed by atoms with Crippen LogP contribution in [0, 0.1) is 5.82 Å². The second-order valence-corrected chi connectivity index (χ2v) is 8.37. The minimum Gasteiger partial charge on any atom is -0.298 e. The lowest BCUT2D eigenvalue weighted by molar-refractivity contribution is 0.254. The van der Waals surface area contributed by atoms with Crippen LogP contribution >= 0.6 is 0 Å². The average Bonchev–Trinajstić information content (AvgIpc) is 3.08. The van der Waals surface area contributed by atoms with E-state index in [0.717, 1.165) is 11.1 Å². The van der Waals surface area contributed by atoms with Crippen LogP contribution in [-0.2, 0) is 22.9 Å². The van der Waals surface area contributed by atoms with Gasteiger partial charge in [-0.3, -0.25) is 9.58 Å². The van der Waals surface area contributed by atoms with E-state index >= 15 is 0 Å². The monoisotopic (exact) mass is 337 g/mol. The molecule has 1 aromatic heterocycles. The number of halogens is 1. The second-order valence-electron chi connectivity index (χ2n) is 6.14. The molecule has 0 bridgehead atoms. The first-order valence-corrected chi connectivity index (χ1v) is 9.40. The highest BCUT2D eigenvalue weighted by molar-refractivity contribution is 7.91. The average molecular weight is 337 g/mol. The van der Waals surface area contributed by atoms with Gasteiger partial charge in [0.15, 0.2) is 9.84 Å². The van der Waals surface area contributed by atoms with Crippen molar-refractivity contribution in [3.05, 3.63) is 53.6 Å². The molecule has 5 nitrogen and oxygen atoms in total. The normalized spacial score (nSPS) is 20.2. The first kappa shape index (κ1) is 16.1. The summed E-state index contributed by atoms with van der Waals surface area (Å²) in [6.07, 6.45) is 4.44. The fraction of sp³-hybridized carbons (Fsp3) is 0.438. The van der Waals surface area contributed by atoms with Crippen LogP contribution < -0.4 is 0 Å². The summed E-state index contributed by atoms with van der Waals surface area (Å²) >= 11 is 0. The number of nitrogens with zero attached hydrogens (tertiary/aromatic N) is 3. The van der Waals surface area contributed by atoms with Crippen molar-refractivity contribution >= 4 is 9.84 Å². The summed E-state index contributed by atoms with van der Waals surface area (Å²) < 4.78 is 37.8. The van der Waals surface area contributed by atoms with Gasteiger partial charge in [-0.15, -0.1) is 0 Å². The maximum atomic E-state index is 12.9. The molecule has 23 heavy (non-hydrogen) atoms. The molecule has 0 unspecified atom stereocenters. The zero-order chi connectivity index (χ0) is 16.4. The Kier molecular flexibility index (Phi) is 4.50. The Morgan fingerprint density at radius 2 is 2.04 bits per heavy atom. The van der Waals surface area contributed by atoms with Crippen LogP contribution in [0.15, 0.2) is 36.7 Å². The Labute approximate surface area is 135 Å². The summed E-state index contributed by atoms with van der Waals surface area (Å²) in [5.74, 6) is 0.280. The van der Waals surface area contributed by atoms with Gasteiger partial charge in [-0.1, -0.05) is 12.1 Å². The molecule has 0 aliphatic carbocycles. The van der Waals surface area contributed by atoms with Crippen molar-refractivity contribution < 1.29 is 12.8 Å². The predicted molar refractivity (Wildman–Crippen MR) is 86.3 cm³/mol. The van der Waals surface area contributed by atoms with Crippen molar-refractivity contribution in [3.8, 4) is 0 Å². The third kappa shape index (κ3) is 4.17. The van der Waals surface area contributed by atoms with Crippen LogP contribution in [-0.4, -0.2) is 47.7 Å². The van der Waals surface area contributed by atoms with Crippen LogP contribution in [0.1, 0.15) is 17.5 Å². The number of hydrogen-bond donors (Lipinski definition) is 0. The Balaban J connectivity index is 1.60. The van der Waals surface area contributed by atoms with Gasteiger partial charge in [0.2, 0.25) is 0 Å². The lowest BCUT2D eigenvalue weighted by Gasteiger charge is -2.22. The molecule has 1 saturated heterocycles. The summed E-state index contributed by atoms with van der Waals surface area (Å²) in [5.41, 5.74) is 2.02. The summed E-state index contributed by atoms with van der Waals surface area (Å²) in [6, 6.07) is 6.45. The highest BCUT2D eigenvalue weighted by Crippen LogP contribution is 2.18. The lowest BCUT2D eigenvalue weighted by atomic mass is 10.2. The van der Waals surface area contributed by atoms with Crippen molar-refractivity contribution in [3.63, 3.8) is 0 Å². The third-order valence-corrected chi connectivity index (χ3v) is 5.96. The zero-order valence-electron chi connectivity index (χ0n) is 13.0. The molecule has 1 atom stereocenters. The second kappa shape index (κ2) is 6.41. The fourth-order valence-corrected chi connectivity index (χ4v) is 4.70. The number of sulfone groups is 1. The maximum Gasteiger partial charge on any atom is 0.151 e. The van der Waals surface area contributed by atoms with Crippen LogP contribution in [0.5, 0.6) is 0 Å². The molecule has 1 aromatic carbocycles. The molecule has 1 aliphatic heterocycles. The van der Waals surface area contributed by atoms with Gasteiger partial charge in [-0.2, -0.15) is 5.10 Å². The largest absolute Gasteiger partial charge is 0.298 e. The van der Waals surface area contributed by atoms with Gasteiger partial charge >= 0.3 is 0 Å². The molecule has 2 heterocycles. The van der Waals surface area contributed by atoms with Crippen LogP contribution in [0.4, 0.5) is 4.39 Å². The molecule has 0 N–H and O–H groups in total. The molecule has 0 spiro atoms. The summed E-state index contributed by atoms with van der Waals surface area (Å²) in [6.45, 7) is 1.26. The molecule has 2 aromatic rings. The number of hydrogen-bond acceptors (Lipinski definition) is 4. The quantitative estimate of drug-likeness (QED) is 0.833. The van der Waals surface area contributed by atoms with E-state index in [-0.39, 0.29) is 23.4 Å². The van der Waals surface area contributed by atoms with Gasteiger partial charge in [0, 0.05) is 24.3 Å². The molecular weight excluding hydrogens is 317 g/mol. The smallest absolute Gasteiger partial charge is 0.151 e. The molecule has 3 rings (SSSR count). The summed E-state index contributed by atoms with van der Waals surface area (Å²) in [7, 11) is -0.918. The SMILES string of the molecule is CN(Cc1cnn(Cc2ccc(F)cc2)c1)[C@@H]1CCS(=O)(=O)C1. The van der Waals surface area contributed by atoms with E-state index < -0.39 is 9.84 Å². The van der Waals surface area contributed by atoms with E-state index in [0.29, 0.717) is 19.5 Å². The number of rotatable bonds is 5. The van der Waals surface area contributed by atoms with Gasteiger partial charge in [0.1, 0.15) is 5.82 Å². The Morgan fingerprint density at radius 3 is 2.70 bits per heavy atom. The Hall–Kier alpha value is -1.73. The van der Waals surface area contributed by atoms with Crippen molar-refractivity contribution in [2.24, 2.45) is 0 Å². The highest BCUT2D eigenvalue weighted by Gasteiger charge is 2.30. The van der Waals surface area contributed by atoms with E-state index in [1.165, 1.54) is 12.1 Å². The first-order valence-electron chi connectivity index (χ1n) is 7.58. The summed E-state index contributed by atoms with van der Waals surface area (Å²) in [4.78, 5) is 2.07. The van der Waals surface area contributed by atoms with E-state index in [2.05, 4.69) is 10.00 Å². The fourth-order valence-electron chi connectivity index (χ4n) is 2.89. The Bertz CT molecular complexity index is 771. The van der Waals surface area contributed by atoms with Crippen LogP contribution in [0.2, 0.25) is 0 Å². The van der Waals surface area contributed by atoms with Gasteiger partial charge in [-0.05, 0) is 31.2 Å². The topological polar surface area (TPSA) is 55.2 Å². The van der Waals surface area contributed by atoms with Crippen molar-refractivity contribution in [2.45, 2.75) is 25.6 Å². The van der Waals surface area contributed by atoms with Gasteiger partial charge in [0.25, 0.3) is 0 Å². The summed E-state index contributed by atoms with van der Waals surface area (Å²) in [5, 5.41) is 4.32.